The normalized spacial score (nSPS) is 10.9. The van der Waals surface area contributed by atoms with Gasteiger partial charge in [0, 0.05) is 17.3 Å². The van der Waals surface area contributed by atoms with Crippen molar-refractivity contribution in [3.63, 3.8) is 0 Å². The highest BCUT2D eigenvalue weighted by atomic mass is 16.1. The largest absolute Gasteiger partial charge is 0.340 e. The molecule has 0 radical (unpaired) electrons. The summed E-state index contributed by atoms with van der Waals surface area (Å²) < 4.78 is 2.01. The van der Waals surface area contributed by atoms with Crippen LogP contribution in [0.1, 0.15) is 21.5 Å². The van der Waals surface area contributed by atoms with Gasteiger partial charge in [0.25, 0.3) is 0 Å². The summed E-state index contributed by atoms with van der Waals surface area (Å²) >= 11 is 0. The first-order chi connectivity index (χ1) is 9.65. The Morgan fingerprint density at radius 2 is 1.80 bits per heavy atom. The Balaban J connectivity index is 1.90. The van der Waals surface area contributed by atoms with Gasteiger partial charge in [0.1, 0.15) is 0 Å². The van der Waals surface area contributed by atoms with E-state index in [-0.39, 0.29) is 5.78 Å². The molecule has 0 bridgehead atoms. The van der Waals surface area contributed by atoms with Crippen LogP contribution in [0.3, 0.4) is 0 Å². The van der Waals surface area contributed by atoms with E-state index >= 15 is 0 Å². The lowest BCUT2D eigenvalue weighted by atomic mass is 10.0. The van der Waals surface area contributed by atoms with Crippen molar-refractivity contribution in [2.75, 3.05) is 0 Å². The molecule has 3 aromatic rings. The topological polar surface area (TPSA) is 22.0 Å². The number of Topliss-reactive ketones (excluding diaryl/α,β-unsaturated/α-hetero) is 1. The van der Waals surface area contributed by atoms with Crippen molar-refractivity contribution >= 4 is 16.7 Å². The maximum Gasteiger partial charge on any atom is 0.182 e. The number of para-hydroxylation sites is 1. The molecule has 0 spiro atoms. The van der Waals surface area contributed by atoms with Gasteiger partial charge < -0.3 is 4.57 Å². The van der Waals surface area contributed by atoms with Crippen LogP contribution in [0.2, 0.25) is 0 Å². The molecule has 0 aliphatic carbocycles. The molecule has 0 fully saturated rings. The zero-order valence-electron chi connectivity index (χ0n) is 11.8. The summed E-state index contributed by atoms with van der Waals surface area (Å²) in [6.07, 6.45) is 1.98. The molecule has 0 N–H and O–H groups in total. The molecule has 0 saturated heterocycles. The molecular weight excluding hydrogens is 246 g/mol. The van der Waals surface area contributed by atoms with Crippen molar-refractivity contribution in [1.29, 1.82) is 0 Å². The predicted molar refractivity (Wildman–Crippen MR) is 82.2 cm³/mol. The molecule has 20 heavy (non-hydrogen) atoms. The molecule has 1 aromatic heterocycles. The quantitative estimate of drug-likeness (QED) is 0.651. The third kappa shape index (κ3) is 2.25. The van der Waals surface area contributed by atoms with Crippen LogP contribution in [0.4, 0.5) is 0 Å². The number of nitrogens with zero attached hydrogens (tertiary/aromatic N) is 1. The van der Waals surface area contributed by atoms with E-state index in [4.69, 9.17) is 0 Å². The van der Waals surface area contributed by atoms with E-state index in [0.29, 0.717) is 6.54 Å². The Kier molecular flexibility index (Phi) is 3.15. The maximum atomic E-state index is 12.4. The molecule has 2 heteroatoms. The van der Waals surface area contributed by atoms with Crippen LogP contribution in [0.15, 0.2) is 54.7 Å². The minimum absolute atomic E-state index is 0.148. The fraction of sp³-hybridized carbons (Fsp3) is 0.167. The first kappa shape index (κ1) is 12.7. The highest BCUT2D eigenvalue weighted by Crippen LogP contribution is 2.17. The Morgan fingerprint density at radius 1 is 1.00 bits per heavy atom. The number of hydrogen-bond donors (Lipinski definition) is 0. The summed E-state index contributed by atoms with van der Waals surface area (Å²) in [5, 5.41) is 1.17. The summed E-state index contributed by atoms with van der Waals surface area (Å²) in [6, 6.07) is 16.1. The number of carbonyl (C=O) groups is 1. The van der Waals surface area contributed by atoms with E-state index in [1.807, 2.05) is 60.2 Å². The molecule has 0 unspecified atom stereocenters. The van der Waals surface area contributed by atoms with Gasteiger partial charge >= 0.3 is 0 Å². The fourth-order valence-electron chi connectivity index (χ4n) is 2.44. The van der Waals surface area contributed by atoms with Gasteiger partial charge in [-0.25, -0.2) is 0 Å². The zero-order chi connectivity index (χ0) is 14.1. The number of benzene rings is 2. The smallest absolute Gasteiger partial charge is 0.182 e. The lowest BCUT2D eigenvalue weighted by molar-refractivity contribution is 0.0973. The lowest BCUT2D eigenvalue weighted by Gasteiger charge is -2.07. The molecule has 100 valence electrons. The molecule has 3 rings (SSSR count). The average molecular weight is 263 g/mol. The van der Waals surface area contributed by atoms with Crippen LogP contribution in [0.5, 0.6) is 0 Å². The van der Waals surface area contributed by atoms with Crippen LogP contribution in [-0.4, -0.2) is 10.4 Å². The van der Waals surface area contributed by atoms with Gasteiger partial charge in [0.05, 0.1) is 6.54 Å². The average Bonchev–Trinajstić information content (AvgIpc) is 2.85. The van der Waals surface area contributed by atoms with Crippen LogP contribution < -0.4 is 0 Å². The van der Waals surface area contributed by atoms with Crippen LogP contribution in [-0.2, 0) is 6.54 Å². The molecule has 2 aromatic carbocycles. The minimum Gasteiger partial charge on any atom is -0.340 e. The van der Waals surface area contributed by atoms with E-state index in [1.54, 1.807) is 0 Å². The third-order valence-corrected chi connectivity index (χ3v) is 3.82. The first-order valence-corrected chi connectivity index (χ1v) is 6.79. The number of carbonyl (C=O) groups excluding carboxylic acids is 1. The van der Waals surface area contributed by atoms with Crippen molar-refractivity contribution in [3.05, 3.63) is 71.4 Å². The Labute approximate surface area is 118 Å². The predicted octanol–water partition coefficient (Wildman–Crippen LogP) is 4.14. The first-order valence-electron chi connectivity index (χ1n) is 6.79. The molecule has 0 saturated carbocycles. The second-order valence-electron chi connectivity index (χ2n) is 5.22. The number of rotatable bonds is 3. The van der Waals surface area contributed by atoms with Gasteiger partial charge in [-0.2, -0.15) is 0 Å². The highest BCUT2D eigenvalue weighted by molar-refractivity contribution is 5.97. The van der Waals surface area contributed by atoms with E-state index in [2.05, 4.69) is 13.0 Å². The second-order valence-corrected chi connectivity index (χ2v) is 5.22. The van der Waals surface area contributed by atoms with Gasteiger partial charge in [-0.1, -0.05) is 30.3 Å². The fourth-order valence-corrected chi connectivity index (χ4v) is 2.44. The summed E-state index contributed by atoms with van der Waals surface area (Å²) in [7, 11) is 0. The zero-order valence-corrected chi connectivity index (χ0v) is 11.8. The standard InChI is InChI=1S/C18H17NO/c1-13-7-8-16(11-14(13)2)18(20)12-19-10-9-15-5-3-4-6-17(15)19/h3-11H,12H2,1-2H3. The summed E-state index contributed by atoms with van der Waals surface area (Å²) in [4.78, 5) is 12.4. The third-order valence-electron chi connectivity index (χ3n) is 3.82. The van der Waals surface area contributed by atoms with Crippen molar-refractivity contribution in [2.24, 2.45) is 0 Å². The molecular formula is C18H17NO. The Bertz CT molecular complexity index is 783. The van der Waals surface area contributed by atoms with Crippen molar-refractivity contribution in [3.8, 4) is 0 Å². The molecule has 2 nitrogen and oxygen atoms in total. The van der Waals surface area contributed by atoms with Gasteiger partial charge in [0.2, 0.25) is 0 Å². The molecule has 0 aliphatic rings. The number of aromatic nitrogens is 1. The molecule has 0 aliphatic heterocycles. The lowest BCUT2D eigenvalue weighted by Crippen LogP contribution is -2.09. The number of ketones is 1. The van der Waals surface area contributed by atoms with Gasteiger partial charge in [-0.05, 0) is 48.6 Å². The Morgan fingerprint density at radius 3 is 2.60 bits per heavy atom. The van der Waals surface area contributed by atoms with Crippen LogP contribution >= 0.6 is 0 Å². The maximum absolute atomic E-state index is 12.4. The monoisotopic (exact) mass is 263 g/mol. The Hall–Kier alpha value is -2.35. The number of fused-ring (bicyclic) bond motifs is 1. The van der Waals surface area contributed by atoms with E-state index in [9.17, 15) is 4.79 Å². The molecule has 0 amide bonds. The molecule has 1 heterocycles. The van der Waals surface area contributed by atoms with Gasteiger partial charge in [-0.15, -0.1) is 0 Å². The van der Waals surface area contributed by atoms with Crippen molar-refractivity contribution in [1.82, 2.24) is 4.57 Å². The van der Waals surface area contributed by atoms with Crippen LogP contribution in [0, 0.1) is 13.8 Å². The van der Waals surface area contributed by atoms with E-state index in [0.717, 1.165) is 16.6 Å². The SMILES string of the molecule is Cc1ccc(C(=O)Cn2ccc3ccccc32)cc1C. The minimum atomic E-state index is 0.148. The van der Waals surface area contributed by atoms with Gasteiger partial charge in [-0.3, -0.25) is 4.79 Å². The number of aryl methyl sites for hydroxylation is 2. The van der Waals surface area contributed by atoms with Crippen LogP contribution in [0.25, 0.3) is 10.9 Å². The van der Waals surface area contributed by atoms with Crippen molar-refractivity contribution in [2.45, 2.75) is 20.4 Å². The van der Waals surface area contributed by atoms with Gasteiger partial charge in [0.15, 0.2) is 5.78 Å². The highest BCUT2D eigenvalue weighted by Gasteiger charge is 2.09. The molecule has 0 atom stereocenters. The second kappa shape index (κ2) is 4.97. The van der Waals surface area contributed by atoms with E-state index in [1.165, 1.54) is 10.9 Å². The summed E-state index contributed by atoms with van der Waals surface area (Å²) in [5.74, 6) is 0.148. The summed E-state index contributed by atoms with van der Waals surface area (Å²) in [5.41, 5.74) is 4.26. The van der Waals surface area contributed by atoms with Crippen molar-refractivity contribution < 1.29 is 4.79 Å². The summed E-state index contributed by atoms with van der Waals surface area (Å²) in [6.45, 7) is 4.48. The van der Waals surface area contributed by atoms with E-state index < -0.39 is 0 Å². The number of hydrogen-bond acceptors (Lipinski definition) is 1.